The number of carbonyl (C=O) groups excluding carboxylic acids is 1. The highest BCUT2D eigenvalue weighted by atomic mass is 16.3. The first-order valence-corrected chi connectivity index (χ1v) is 4.86. The Balaban J connectivity index is 2.66. The Morgan fingerprint density at radius 1 is 1.64 bits per heavy atom. The lowest BCUT2D eigenvalue weighted by molar-refractivity contribution is -0.140. The fraction of sp³-hybridized carbons (Fsp3) is 0.800. The molecule has 1 aliphatic heterocycles. The number of hydrogen-bond acceptors (Lipinski definition) is 3. The monoisotopic (exact) mass is 196 g/mol. The summed E-state index contributed by atoms with van der Waals surface area (Å²) in [7, 11) is 0. The van der Waals surface area contributed by atoms with Gasteiger partial charge in [0.1, 0.15) is 5.41 Å². The fourth-order valence-corrected chi connectivity index (χ4v) is 1.58. The third-order valence-electron chi connectivity index (χ3n) is 2.50. The predicted octanol–water partition coefficient (Wildman–Crippen LogP) is 0.519. The van der Waals surface area contributed by atoms with Crippen molar-refractivity contribution in [2.45, 2.75) is 32.8 Å². The fourth-order valence-electron chi connectivity index (χ4n) is 1.58. The molecule has 1 unspecified atom stereocenters. The van der Waals surface area contributed by atoms with Crippen molar-refractivity contribution in [2.24, 2.45) is 5.41 Å². The van der Waals surface area contributed by atoms with Gasteiger partial charge >= 0.3 is 0 Å². The first-order valence-electron chi connectivity index (χ1n) is 4.86. The lowest BCUT2D eigenvalue weighted by atomic mass is 9.92. The molecule has 1 N–H and O–H groups in total. The number of amides is 1. The first kappa shape index (κ1) is 11.0. The van der Waals surface area contributed by atoms with Crippen LogP contribution in [-0.4, -0.2) is 35.1 Å². The zero-order chi connectivity index (χ0) is 10.8. The van der Waals surface area contributed by atoms with E-state index in [4.69, 9.17) is 5.26 Å². The van der Waals surface area contributed by atoms with Crippen LogP contribution in [0, 0.1) is 16.7 Å². The highest BCUT2D eigenvalue weighted by Crippen LogP contribution is 2.20. The van der Waals surface area contributed by atoms with E-state index in [2.05, 4.69) is 0 Å². The third-order valence-corrected chi connectivity index (χ3v) is 2.50. The van der Waals surface area contributed by atoms with Gasteiger partial charge in [0.05, 0.1) is 12.2 Å². The van der Waals surface area contributed by atoms with Crippen molar-refractivity contribution in [1.82, 2.24) is 4.90 Å². The molecule has 14 heavy (non-hydrogen) atoms. The van der Waals surface area contributed by atoms with Crippen LogP contribution in [0.2, 0.25) is 0 Å². The van der Waals surface area contributed by atoms with Gasteiger partial charge in [0, 0.05) is 13.1 Å². The van der Waals surface area contributed by atoms with E-state index in [0.717, 1.165) is 12.8 Å². The van der Waals surface area contributed by atoms with Crippen molar-refractivity contribution in [2.75, 3.05) is 13.1 Å². The molecule has 0 radical (unpaired) electrons. The van der Waals surface area contributed by atoms with Gasteiger partial charge in [0.2, 0.25) is 5.91 Å². The van der Waals surface area contributed by atoms with E-state index in [1.807, 2.05) is 6.07 Å². The molecule has 0 aliphatic carbocycles. The van der Waals surface area contributed by atoms with E-state index in [-0.39, 0.29) is 5.91 Å². The van der Waals surface area contributed by atoms with Crippen LogP contribution >= 0.6 is 0 Å². The van der Waals surface area contributed by atoms with Gasteiger partial charge in [-0.3, -0.25) is 4.79 Å². The Morgan fingerprint density at radius 2 is 2.29 bits per heavy atom. The summed E-state index contributed by atoms with van der Waals surface area (Å²) in [5, 5.41) is 18.2. The van der Waals surface area contributed by atoms with Gasteiger partial charge in [-0.15, -0.1) is 0 Å². The van der Waals surface area contributed by atoms with E-state index in [0.29, 0.717) is 13.1 Å². The molecule has 0 bridgehead atoms. The van der Waals surface area contributed by atoms with E-state index < -0.39 is 11.5 Å². The first-order chi connectivity index (χ1) is 6.47. The van der Waals surface area contributed by atoms with Gasteiger partial charge in [-0.2, -0.15) is 5.26 Å². The molecule has 0 saturated carbocycles. The normalized spacial score (nSPS) is 23.0. The quantitative estimate of drug-likeness (QED) is 0.665. The number of likely N-dealkylation sites (tertiary alicyclic amines) is 1. The van der Waals surface area contributed by atoms with E-state index in [9.17, 15) is 9.90 Å². The van der Waals surface area contributed by atoms with Crippen molar-refractivity contribution >= 4 is 5.91 Å². The third kappa shape index (κ3) is 2.24. The van der Waals surface area contributed by atoms with Gasteiger partial charge in [0.15, 0.2) is 0 Å². The maximum absolute atomic E-state index is 11.8. The molecular weight excluding hydrogens is 180 g/mol. The predicted molar refractivity (Wildman–Crippen MR) is 51.2 cm³/mol. The molecular formula is C10H16N2O2. The summed E-state index contributed by atoms with van der Waals surface area (Å²) in [6.45, 7) is 4.23. The SMILES string of the molecule is CC(C)(C#N)C(=O)N1CCCC(O)C1. The van der Waals surface area contributed by atoms with Crippen LogP contribution in [0.5, 0.6) is 0 Å². The Bertz CT molecular complexity index is 268. The molecule has 1 atom stereocenters. The van der Waals surface area contributed by atoms with Crippen molar-refractivity contribution in [1.29, 1.82) is 5.26 Å². The molecule has 4 heteroatoms. The van der Waals surface area contributed by atoms with Crippen LogP contribution in [0.25, 0.3) is 0 Å². The summed E-state index contributed by atoms with van der Waals surface area (Å²) in [4.78, 5) is 13.4. The minimum atomic E-state index is -0.975. The van der Waals surface area contributed by atoms with Gasteiger partial charge < -0.3 is 10.0 Å². The molecule has 0 aromatic carbocycles. The number of hydrogen-bond donors (Lipinski definition) is 1. The summed E-state index contributed by atoms with van der Waals surface area (Å²) >= 11 is 0. The highest BCUT2D eigenvalue weighted by Gasteiger charge is 2.34. The molecule has 1 rings (SSSR count). The number of rotatable bonds is 1. The summed E-state index contributed by atoms with van der Waals surface area (Å²) in [6, 6.07) is 1.98. The molecule has 1 fully saturated rings. The molecule has 0 aromatic heterocycles. The second-order valence-corrected chi connectivity index (χ2v) is 4.28. The van der Waals surface area contributed by atoms with Gasteiger partial charge in [0.25, 0.3) is 0 Å². The van der Waals surface area contributed by atoms with E-state index >= 15 is 0 Å². The van der Waals surface area contributed by atoms with Crippen LogP contribution in [0.15, 0.2) is 0 Å². The largest absolute Gasteiger partial charge is 0.391 e. The second kappa shape index (κ2) is 3.97. The summed E-state index contributed by atoms with van der Waals surface area (Å²) in [5.74, 6) is -0.182. The average Bonchev–Trinajstić information content (AvgIpc) is 2.16. The molecule has 78 valence electrons. The second-order valence-electron chi connectivity index (χ2n) is 4.28. The number of nitrogens with zero attached hydrogens (tertiary/aromatic N) is 2. The van der Waals surface area contributed by atoms with Crippen LogP contribution < -0.4 is 0 Å². The van der Waals surface area contributed by atoms with Crippen molar-refractivity contribution in [3.8, 4) is 6.07 Å². The zero-order valence-electron chi connectivity index (χ0n) is 8.66. The summed E-state index contributed by atoms with van der Waals surface area (Å²) in [5.41, 5.74) is -0.975. The highest BCUT2D eigenvalue weighted by molar-refractivity contribution is 5.84. The zero-order valence-corrected chi connectivity index (χ0v) is 8.66. The molecule has 1 heterocycles. The Morgan fingerprint density at radius 3 is 2.79 bits per heavy atom. The Kier molecular flexibility index (Phi) is 3.12. The number of aliphatic hydroxyl groups excluding tert-OH is 1. The van der Waals surface area contributed by atoms with Crippen molar-refractivity contribution in [3.05, 3.63) is 0 Å². The van der Waals surface area contributed by atoms with Gasteiger partial charge in [-0.25, -0.2) is 0 Å². The summed E-state index contributed by atoms with van der Waals surface area (Å²) < 4.78 is 0. The molecule has 1 amide bonds. The van der Waals surface area contributed by atoms with Crippen molar-refractivity contribution < 1.29 is 9.90 Å². The molecule has 0 aromatic rings. The number of β-amino-alcohol motifs (C(OH)–C–C–N with tert-alkyl or cyclic N) is 1. The minimum absolute atomic E-state index is 0.182. The maximum Gasteiger partial charge on any atom is 0.242 e. The smallest absolute Gasteiger partial charge is 0.242 e. The number of aliphatic hydroxyl groups is 1. The average molecular weight is 196 g/mol. The minimum Gasteiger partial charge on any atom is -0.391 e. The number of piperidine rings is 1. The van der Waals surface area contributed by atoms with Crippen LogP contribution in [0.1, 0.15) is 26.7 Å². The number of nitriles is 1. The van der Waals surface area contributed by atoms with Crippen LogP contribution in [0.4, 0.5) is 0 Å². The standard InChI is InChI=1S/C10H16N2O2/c1-10(2,7-11)9(14)12-5-3-4-8(13)6-12/h8,13H,3-6H2,1-2H3. The molecule has 1 saturated heterocycles. The topological polar surface area (TPSA) is 64.3 Å². The van der Waals surface area contributed by atoms with Gasteiger partial charge in [-0.1, -0.05) is 0 Å². The number of carbonyl (C=O) groups is 1. The van der Waals surface area contributed by atoms with Crippen LogP contribution in [-0.2, 0) is 4.79 Å². The maximum atomic E-state index is 11.8. The van der Waals surface area contributed by atoms with E-state index in [1.165, 1.54) is 0 Å². The lowest BCUT2D eigenvalue weighted by Crippen LogP contribution is -2.47. The molecule has 0 spiro atoms. The molecule has 1 aliphatic rings. The van der Waals surface area contributed by atoms with Crippen LogP contribution in [0.3, 0.4) is 0 Å². The Labute approximate surface area is 84.1 Å². The van der Waals surface area contributed by atoms with Gasteiger partial charge in [-0.05, 0) is 26.7 Å². The summed E-state index contributed by atoms with van der Waals surface area (Å²) in [6.07, 6.45) is 1.13. The van der Waals surface area contributed by atoms with Crippen molar-refractivity contribution in [3.63, 3.8) is 0 Å². The van der Waals surface area contributed by atoms with E-state index in [1.54, 1.807) is 18.7 Å². The Hall–Kier alpha value is -1.08. The molecule has 4 nitrogen and oxygen atoms in total. The lowest BCUT2D eigenvalue weighted by Gasteiger charge is -2.33.